The van der Waals surface area contributed by atoms with E-state index in [0.717, 1.165) is 39.0 Å². The molecule has 4 saturated carbocycles. The lowest BCUT2D eigenvalue weighted by atomic mass is 9.37. The number of hydrogen-bond acceptors (Lipinski definition) is 6. The van der Waals surface area contributed by atoms with Crippen LogP contribution in [0.5, 0.6) is 0 Å². The van der Waals surface area contributed by atoms with Gasteiger partial charge < -0.3 is 9.80 Å². The monoisotopic (exact) mass is 1060 g/mol. The maximum Gasteiger partial charge on any atom is 0.300 e. The Morgan fingerprint density at radius 1 is 0.416 bits per heavy atom. The van der Waals surface area contributed by atoms with Crippen molar-refractivity contribution in [2.24, 2.45) is 17.8 Å². The number of hydrogen-bond donors (Lipinski definition) is 0. The predicted molar refractivity (Wildman–Crippen MR) is 335 cm³/mol. The third-order valence-corrected chi connectivity index (χ3v) is 20.8. The summed E-state index contributed by atoms with van der Waals surface area (Å²) in [4.78, 5) is 17.3. The maximum atomic E-state index is 5.97. The number of thiazole rings is 2. The van der Waals surface area contributed by atoms with Crippen LogP contribution in [0.25, 0.3) is 21.1 Å². The molecule has 0 saturated heterocycles. The fourth-order valence-electron chi connectivity index (χ4n) is 14.2. The summed E-state index contributed by atoms with van der Waals surface area (Å²) in [6.07, 6.45) is 8.12. The zero-order valence-corrected chi connectivity index (χ0v) is 51.5. The topological polar surface area (TPSA) is 32.3 Å². The molecule has 5 aromatic carbocycles. The van der Waals surface area contributed by atoms with Gasteiger partial charge >= 0.3 is 6.71 Å². The number of benzene rings is 5. The van der Waals surface area contributed by atoms with Gasteiger partial charge in [0.25, 0.3) is 0 Å². The number of anilines is 6. The van der Waals surface area contributed by atoms with E-state index >= 15 is 0 Å². The van der Waals surface area contributed by atoms with Crippen LogP contribution >= 0.6 is 22.7 Å². The van der Waals surface area contributed by atoms with E-state index in [9.17, 15) is 0 Å². The van der Waals surface area contributed by atoms with Crippen molar-refractivity contribution in [2.45, 2.75) is 201 Å². The third-order valence-electron chi connectivity index (χ3n) is 18.6. The highest BCUT2D eigenvalue weighted by Crippen LogP contribution is 2.62. The van der Waals surface area contributed by atoms with Crippen molar-refractivity contribution < 1.29 is 0 Å². The van der Waals surface area contributed by atoms with Crippen molar-refractivity contribution in [3.63, 3.8) is 0 Å². The molecule has 4 fully saturated rings. The second-order valence-corrected chi connectivity index (χ2v) is 32.8. The molecule has 4 bridgehead atoms. The Balaban J connectivity index is 1.21. The predicted octanol–water partition coefficient (Wildman–Crippen LogP) is 18.3. The van der Waals surface area contributed by atoms with Crippen molar-refractivity contribution in [2.75, 3.05) is 9.80 Å². The average molecular weight is 1060 g/mol. The van der Waals surface area contributed by atoms with E-state index in [1.54, 1.807) is 5.56 Å². The van der Waals surface area contributed by atoms with Crippen LogP contribution in [0.1, 0.15) is 202 Å². The van der Waals surface area contributed by atoms with Gasteiger partial charge in [0.2, 0.25) is 0 Å². The van der Waals surface area contributed by atoms with Gasteiger partial charge in [-0.25, -0.2) is 9.97 Å². The first-order chi connectivity index (χ1) is 35.8. The molecule has 0 atom stereocenters. The normalized spacial score (nSPS) is 21.2. The first-order valence-corrected chi connectivity index (χ1v) is 30.8. The minimum Gasteiger partial charge on any atom is -0.301 e. The highest BCUT2D eigenvalue weighted by Gasteiger charge is 2.54. The minimum atomic E-state index is -0.179. The van der Waals surface area contributed by atoms with Gasteiger partial charge in [0.05, 0.1) is 11.2 Å². The van der Waals surface area contributed by atoms with Crippen molar-refractivity contribution in [1.82, 2.24) is 9.97 Å². The van der Waals surface area contributed by atoms with Crippen molar-refractivity contribution in [3.8, 4) is 21.1 Å². The fourth-order valence-corrected chi connectivity index (χ4v) is 16.5. The summed E-state index contributed by atoms with van der Waals surface area (Å²) in [7, 11) is 0. The lowest BCUT2D eigenvalue weighted by Crippen LogP contribution is -2.62. The van der Waals surface area contributed by atoms with E-state index in [-0.39, 0.29) is 44.6 Å². The Morgan fingerprint density at radius 2 is 0.727 bits per heavy atom. The van der Waals surface area contributed by atoms with E-state index in [2.05, 4.69) is 231 Å². The van der Waals surface area contributed by atoms with Crippen LogP contribution in [-0.2, 0) is 37.9 Å². The Bertz CT molecular complexity index is 3150. The molecule has 77 heavy (non-hydrogen) atoms. The summed E-state index contributed by atoms with van der Waals surface area (Å²) >= 11 is 3.75. The molecule has 7 aromatic rings. The second kappa shape index (κ2) is 17.5. The molecule has 2 aliphatic heterocycles. The van der Waals surface area contributed by atoms with Crippen molar-refractivity contribution in [1.29, 1.82) is 0 Å². The second-order valence-electron chi connectivity index (χ2n) is 30.8. The van der Waals surface area contributed by atoms with E-state index in [1.807, 2.05) is 22.7 Å². The number of aromatic nitrogens is 2. The molecule has 0 amide bonds. The van der Waals surface area contributed by atoms with E-state index in [1.165, 1.54) is 121 Å². The Kier molecular flexibility index (Phi) is 12.0. The molecule has 4 heterocycles. The van der Waals surface area contributed by atoms with Gasteiger partial charge in [0, 0.05) is 33.9 Å². The van der Waals surface area contributed by atoms with Gasteiger partial charge in [-0.2, -0.15) is 0 Å². The number of nitrogens with zero attached hydrogens (tertiary/aromatic N) is 4. The molecule has 6 aliphatic rings. The first-order valence-electron chi connectivity index (χ1n) is 29.2. The van der Waals surface area contributed by atoms with Crippen LogP contribution in [0.2, 0.25) is 0 Å². The molecule has 13 rings (SSSR count). The SMILES string of the molecule is CC(C)(C)c1ccc(-c2nc3c(s2)N(c2cc(C(C)(C)C)cc(C(C)(C)C)c2)c2cc(C45CC6CC(CC(C6)C4)C5)cc4c2B3c2nc(-c3ccc(C(C)(C)C)cc3)sc2N4c2cc(C(C)(C)C)cc(C(C)(C)C)c2)cc1. The fraction of sp³-hybridized carbons (Fsp3) is 0.486. The van der Waals surface area contributed by atoms with Crippen LogP contribution in [0.15, 0.2) is 97.1 Å². The molecule has 7 heteroatoms. The molecular formula is C70H85BN4S2. The van der Waals surface area contributed by atoms with Gasteiger partial charge in [-0.15, -0.1) is 0 Å². The highest BCUT2D eigenvalue weighted by molar-refractivity contribution is 7.24. The summed E-state index contributed by atoms with van der Waals surface area (Å²) in [5, 5.41) is 4.54. The van der Waals surface area contributed by atoms with Crippen molar-refractivity contribution >= 4 is 78.8 Å². The van der Waals surface area contributed by atoms with Crippen LogP contribution in [0.4, 0.5) is 32.8 Å². The summed E-state index contributed by atoms with van der Waals surface area (Å²) in [6.45, 7) is 42.2. The highest BCUT2D eigenvalue weighted by atomic mass is 32.1. The van der Waals surface area contributed by atoms with Gasteiger partial charge in [-0.3, -0.25) is 0 Å². The molecule has 0 spiro atoms. The summed E-state index contributed by atoms with van der Waals surface area (Å²) in [6, 6.07) is 39.1. The van der Waals surface area contributed by atoms with Crippen LogP contribution < -0.4 is 26.4 Å². The Hall–Kier alpha value is -4.98. The van der Waals surface area contributed by atoms with Crippen LogP contribution in [0, 0.1) is 17.8 Å². The van der Waals surface area contributed by atoms with Gasteiger partial charge in [-0.05, 0) is 175 Å². The quantitative estimate of drug-likeness (QED) is 0.161. The molecule has 0 N–H and O–H groups in total. The Labute approximate surface area is 471 Å². The third kappa shape index (κ3) is 9.18. The summed E-state index contributed by atoms with van der Waals surface area (Å²) in [5.41, 5.74) is 20.6. The van der Waals surface area contributed by atoms with E-state index in [4.69, 9.17) is 9.97 Å². The number of rotatable bonds is 5. The summed E-state index contributed by atoms with van der Waals surface area (Å²) in [5.74, 6) is 2.43. The standard InChI is InChI=1S/C70H85BN4S2/c1-64(2,3)46-23-19-44(20-24-46)60-72-58-62(76-60)74(53-32-48(66(7,8)9)30-49(33-53)67(10,11)12)55-36-52(70-38-41-27-42(39-70)29-43(28-41)40-70)37-56-57(55)71(58)59-63(77-61(73-59)45-21-25-47(26-22-45)65(4,5)6)75(56)54-34-50(68(13,14)15)31-51(35-54)69(16,17)18/h19-26,30-37,41-43H,27-29,38-40H2,1-18H3. The zero-order chi connectivity index (χ0) is 54.9. The maximum absolute atomic E-state index is 5.97. The largest absolute Gasteiger partial charge is 0.301 e. The molecule has 0 radical (unpaired) electrons. The molecule has 4 aliphatic carbocycles. The van der Waals surface area contributed by atoms with Crippen molar-refractivity contribution in [3.05, 3.63) is 136 Å². The van der Waals surface area contributed by atoms with Crippen LogP contribution in [0.3, 0.4) is 0 Å². The summed E-state index contributed by atoms with van der Waals surface area (Å²) < 4.78 is 0. The van der Waals surface area contributed by atoms with E-state index in [0.29, 0.717) is 0 Å². The van der Waals surface area contributed by atoms with Gasteiger partial charge in [0.1, 0.15) is 20.0 Å². The molecule has 4 nitrogen and oxygen atoms in total. The lowest BCUT2D eigenvalue weighted by molar-refractivity contribution is -0.00514. The number of fused-ring (bicyclic) bond motifs is 4. The average Bonchev–Trinajstić information content (AvgIpc) is 4.13. The van der Waals surface area contributed by atoms with Gasteiger partial charge in [-0.1, -0.05) is 208 Å². The molecule has 0 unspecified atom stereocenters. The smallest absolute Gasteiger partial charge is 0.300 e. The molecular weight excluding hydrogens is 972 g/mol. The lowest BCUT2D eigenvalue weighted by Gasteiger charge is -2.57. The van der Waals surface area contributed by atoms with Crippen LogP contribution in [-0.4, -0.2) is 16.7 Å². The molecule has 2 aromatic heterocycles. The zero-order valence-electron chi connectivity index (χ0n) is 49.9. The molecule has 400 valence electrons. The Morgan fingerprint density at radius 3 is 1.03 bits per heavy atom. The van der Waals surface area contributed by atoms with Gasteiger partial charge in [0.15, 0.2) is 0 Å². The minimum absolute atomic E-state index is 0.0482. The van der Waals surface area contributed by atoms with E-state index < -0.39 is 0 Å². The first kappa shape index (κ1) is 52.7.